The Kier molecular flexibility index (Phi) is 5.89. The molecule has 0 radical (unpaired) electrons. The van der Waals surface area contributed by atoms with Gasteiger partial charge in [-0.25, -0.2) is 0 Å². The topological polar surface area (TPSA) is 163 Å². The van der Waals surface area contributed by atoms with Gasteiger partial charge in [0, 0.05) is 5.39 Å². The van der Waals surface area contributed by atoms with Gasteiger partial charge in [0.05, 0.1) is 0 Å². The van der Waals surface area contributed by atoms with E-state index in [1.165, 1.54) is 18.2 Å². The predicted molar refractivity (Wildman–Crippen MR) is 81.9 cm³/mol. The van der Waals surface area contributed by atoms with Crippen molar-refractivity contribution in [1.29, 1.82) is 0 Å². The zero-order valence-corrected chi connectivity index (χ0v) is 12.9. The SMILES string of the molecule is O=S(=O)(O)c1cc2ccccc2c(S(=O)(=O)O)c1S(=O)(=O)O.[CaH2]. The molecule has 0 aliphatic heterocycles. The first-order valence-corrected chi connectivity index (χ1v) is 9.63. The zero-order chi connectivity index (χ0) is 16.9. The van der Waals surface area contributed by atoms with Crippen molar-refractivity contribution in [3.63, 3.8) is 0 Å². The summed E-state index contributed by atoms with van der Waals surface area (Å²) in [5, 5.41) is -0.430. The third-order valence-corrected chi connectivity index (χ3v) is 5.73. The number of fused-ring (bicyclic) bond motifs is 1. The summed E-state index contributed by atoms with van der Waals surface area (Å²) in [4.78, 5) is -4.31. The second kappa shape index (κ2) is 6.54. The molecule has 0 atom stereocenters. The summed E-state index contributed by atoms with van der Waals surface area (Å²) in [6, 6.07) is 5.69. The van der Waals surface area contributed by atoms with Gasteiger partial charge in [0.1, 0.15) is 14.7 Å². The molecular weight excluding hydrogens is 400 g/mol. The summed E-state index contributed by atoms with van der Waals surface area (Å²) >= 11 is 0. The van der Waals surface area contributed by atoms with Crippen molar-refractivity contribution in [3.8, 4) is 0 Å². The summed E-state index contributed by atoms with van der Waals surface area (Å²) in [5.41, 5.74) is 0. The van der Waals surface area contributed by atoms with Gasteiger partial charge in [0.15, 0.2) is 0 Å². The molecule has 0 bridgehead atoms. The standard InChI is InChI=1S/C10H8O9S3.Ca.2H/c11-20(12,13)8-5-6-3-1-2-4-7(6)9(21(14,15)16)10(8)22(17,18)19;;;/h1-5H,(H,11,12,13)(H,14,15,16)(H,17,18,19);;;. The van der Waals surface area contributed by atoms with E-state index in [-0.39, 0.29) is 48.5 Å². The quantitative estimate of drug-likeness (QED) is 0.454. The van der Waals surface area contributed by atoms with Gasteiger partial charge in [0.25, 0.3) is 30.4 Å². The van der Waals surface area contributed by atoms with Crippen LogP contribution in [0.5, 0.6) is 0 Å². The molecular formula is C10H10CaO9S3. The maximum absolute atomic E-state index is 11.5. The molecule has 2 rings (SSSR count). The van der Waals surface area contributed by atoms with Crippen molar-refractivity contribution >= 4 is 78.9 Å². The van der Waals surface area contributed by atoms with E-state index in [4.69, 9.17) is 9.11 Å². The fourth-order valence-electron chi connectivity index (χ4n) is 1.96. The molecule has 0 heterocycles. The fraction of sp³-hybridized carbons (Fsp3) is 0. The van der Waals surface area contributed by atoms with Gasteiger partial charge >= 0.3 is 37.7 Å². The van der Waals surface area contributed by atoms with E-state index in [2.05, 4.69) is 0 Å². The molecule has 0 fully saturated rings. The molecule has 0 saturated carbocycles. The Balaban J connectivity index is 0.00000264. The molecule has 2 aromatic rings. The van der Waals surface area contributed by atoms with Crippen molar-refractivity contribution in [2.24, 2.45) is 0 Å². The van der Waals surface area contributed by atoms with E-state index in [9.17, 15) is 29.8 Å². The molecule has 13 heteroatoms. The molecule has 23 heavy (non-hydrogen) atoms. The predicted octanol–water partition coefficient (Wildman–Crippen LogP) is -0.336. The summed E-state index contributed by atoms with van der Waals surface area (Å²) in [7, 11) is -15.8. The number of benzene rings is 2. The van der Waals surface area contributed by atoms with Crippen LogP contribution in [0.4, 0.5) is 0 Å². The van der Waals surface area contributed by atoms with Crippen LogP contribution in [0.2, 0.25) is 0 Å². The summed E-state index contributed by atoms with van der Waals surface area (Å²) < 4.78 is 96.0. The molecule has 0 aromatic heterocycles. The molecule has 0 saturated heterocycles. The molecule has 0 aliphatic rings. The van der Waals surface area contributed by atoms with Crippen LogP contribution in [0.25, 0.3) is 10.8 Å². The minimum atomic E-state index is -5.40. The van der Waals surface area contributed by atoms with Gasteiger partial charge in [0.2, 0.25) is 0 Å². The van der Waals surface area contributed by atoms with Gasteiger partial charge < -0.3 is 0 Å². The van der Waals surface area contributed by atoms with E-state index in [1.54, 1.807) is 0 Å². The van der Waals surface area contributed by atoms with Crippen LogP contribution in [0.15, 0.2) is 45.0 Å². The van der Waals surface area contributed by atoms with E-state index < -0.39 is 45.0 Å². The fourth-order valence-corrected chi connectivity index (χ4v) is 5.37. The van der Waals surface area contributed by atoms with E-state index in [1.807, 2.05) is 0 Å². The number of hydrogen-bond donors (Lipinski definition) is 3. The molecule has 0 aliphatic carbocycles. The van der Waals surface area contributed by atoms with E-state index in [0.29, 0.717) is 6.07 Å². The summed E-state index contributed by atoms with van der Waals surface area (Å²) in [6.07, 6.45) is 0. The Morgan fingerprint density at radius 2 is 1.17 bits per heavy atom. The van der Waals surface area contributed by atoms with Crippen LogP contribution in [0.3, 0.4) is 0 Å². The van der Waals surface area contributed by atoms with Crippen LogP contribution in [0, 0.1) is 0 Å². The third-order valence-electron chi connectivity index (χ3n) is 2.72. The molecule has 3 N–H and O–H groups in total. The monoisotopic (exact) mass is 410 g/mol. The average molecular weight is 410 g/mol. The normalized spacial score (nSPS) is 12.8. The Morgan fingerprint density at radius 3 is 1.61 bits per heavy atom. The zero-order valence-electron chi connectivity index (χ0n) is 10.4. The molecule has 2 aromatic carbocycles. The minimum absolute atomic E-state index is 0. The molecule has 0 unspecified atom stereocenters. The third kappa shape index (κ3) is 4.21. The molecule has 9 nitrogen and oxygen atoms in total. The van der Waals surface area contributed by atoms with Crippen LogP contribution >= 0.6 is 0 Å². The van der Waals surface area contributed by atoms with Gasteiger partial charge in [-0.1, -0.05) is 24.3 Å². The van der Waals surface area contributed by atoms with Crippen LogP contribution in [-0.4, -0.2) is 76.6 Å². The Bertz CT molecular complexity index is 1090. The Labute approximate surface area is 161 Å². The van der Waals surface area contributed by atoms with Crippen molar-refractivity contribution in [2.45, 2.75) is 14.7 Å². The first kappa shape index (κ1) is 20.7. The molecule has 124 valence electrons. The Morgan fingerprint density at radius 1 is 0.696 bits per heavy atom. The van der Waals surface area contributed by atoms with Crippen molar-refractivity contribution in [3.05, 3.63) is 30.3 Å². The average Bonchev–Trinajstić information content (AvgIpc) is 2.33. The van der Waals surface area contributed by atoms with Gasteiger partial charge in [-0.3, -0.25) is 13.7 Å². The summed E-state index contributed by atoms with van der Waals surface area (Å²) in [6.45, 7) is 0. The van der Waals surface area contributed by atoms with Crippen molar-refractivity contribution < 1.29 is 38.9 Å². The van der Waals surface area contributed by atoms with Crippen LogP contribution < -0.4 is 0 Å². The maximum atomic E-state index is 11.5. The number of rotatable bonds is 3. The molecule has 0 amide bonds. The second-order valence-corrected chi connectivity index (χ2v) is 8.29. The number of hydrogen-bond acceptors (Lipinski definition) is 6. The summed E-state index contributed by atoms with van der Waals surface area (Å²) in [5.74, 6) is 0. The van der Waals surface area contributed by atoms with E-state index in [0.717, 1.165) is 6.07 Å². The molecule has 0 spiro atoms. The second-order valence-electron chi connectivity index (χ2n) is 4.18. The first-order chi connectivity index (χ1) is 9.83. The first-order valence-electron chi connectivity index (χ1n) is 5.31. The van der Waals surface area contributed by atoms with Gasteiger partial charge in [-0.2, -0.15) is 25.3 Å². The van der Waals surface area contributed by atoms with Crippen LogP contribution in [-0.2, 0) is 30.4 Å². The van der Waals surface area contributed by atoms with Crippen LogP contribution in [0.1, 0.15) is 0 Å². The van der Waals surface area contributed by atoms with Crippen molar-refractivity contribution in [2.75, 3.05) is 0 Å². The van der Waals surface area contributed by atoms with Gasteiger partial charge in [-0.15, -0.1) is 0 Å². The van der Waals surface area contributed by atoms with E-state index >= 15 is 0 Å². The van der Waals surface area contributed by atoms with Gasteiger partial charge in [-0.05, 0) is 11.5 Å². The Hall–Kier alpha value is -0.310. The van der Waals surface area contributed by atoms with Crippen molar-refractivity contribution in [1.82, 2.24) is 0 Å².